The molecule has 0 saturated carbocycles. The highest BCUT2D eigenvalue weighted by atomic mass is 32.2. The first-order valence-electron chi connectivity index (χ1n) is 8.80. The number of rotatable bonds is 7. The van der Waals surface area contributed by atoms with Gasteiger partial charge in [-0.25, -0.2) is 4.79 Å². The molecule has 12 nitrogen and oxygen atoms in total. The number of aliphatic hydroxyl groups is 1. The maximum Gasteiger partial charge on any atom is 0.352 e. The molecule has 2 aromatic heterocycles. The Labute approximate surface area is 186 Å². The molecule has 0 aliphatic carbocycles. The van der Waals surface area contributed by atoms with Crippen LogP contribution in [0.5, 0.6) is 0 Å². The number of aliphatic hydroxyl groups excluding tert-OH is 1. The van der Waals surface area contributed by atoms with E-state index in [1.54, 1.807) is 6.92 Å². The first kappa shape index (κ1) is 21.6. The lowest BCUT2D eigenvalue weighted by molar-refractivity contribution is -0.151. The van der Waals surface area contributed by atoms with E-state index >= 15 is 0 Å². The number of H-pyrrole nitrogens is 1. The molecule has 2 aliphatic rings. The minimum atomic E-state index is -1.56. The van der Waals surface area contributed by atoms with E-state index in [9.17, 15) is 24.6 Å². The van der Waals surface area contributed by atoms with Gasteiger partial charge in [-0.05, 0) is 5.57 Å². The van der Waals surface area contributed by atoms with Crippen LogP contribution < -0.4 is 10.1 Å². The Kier molecular flexibility index (Phi) is 5.92. The van der Waals surface area contributed by atoms with Crippen molar-refractivity contribution in [1.82, 2.24) is 25.4 Å². The van der Waals surface area contributed by atoms with Crippen molar-refractivity contribution in [1.29, 1.82) is 5.41 Å². The van der Waals surface area contributed by atoms with Crippen molar-refractivity contribution in [2.24, 2.45) is 0 Å². The van der Waals surface area contributed by atoms with E-state index < -0.39 is 35.3 Å². The number of carbonyl (C=O) groups excluding carboxylic acids is 2. The number of aromatic nitrogens is 3. The van der Waals surface area contributed by atoms with Crippen molar-refractivity contribution in [3.63, 3.8) is 0 Å². The molecule has 2 amide bonds. The molecular weight excluding hydrogens is 468 g/mol. The smallest absolute Gasteiger partial charge is 0.352 e. The molecule has 2 aromatic rings. The average molecular weight is 485 g/mol. The molecule has 0 aromatic carbocycles. The molecule has 0 bridgehead atoms. The molecule has 3 atom stereocenters. The summed E-state index contributed by atoms with van der Waals surface area (Å²) in [6.07, 6.45) is -1.56. The average Bonchev–Trinajstić information content (AvgIpc) is 3.36. The van der Waals surface area contributed by atoms with Crippen LogP contribution in [0.25, 0.3) is 0 Å². The van der Waals surface area contributed by atoms with Crippen molar-refractivity contribution in [3.8, 4) is 0 Å². The Morgan fingerprint density at radius 2 is 2.29 bits per heavy atom. The van der Waals surface area contributed by atoms with Gasteiger partial charge in [0.2, 0.25) is 5.89 Å². The fourth-order valence-electron chi connectivity index (χ4n) is 3.10. The van der Waals surface area contributed by atoms with Crippen LogP contribution in [0.2, 0.25) is 0 Å². The van der Waals surface area contributed by atoms with Gasteiger partial charge in [0.1, 0.15) is 17.1 Å². The van der Waals surface area contributed by atoms with Crippen molar-refractivity contribution in [2.75, 3.05) is 11.5 Å². The molecule has 0 spiro atoms. The number of thiazole rings is 1. The topological polar surface area (TPSA) is 185 Å². The monoisotopic (exact) mass is 484 g/mol. The van der Waals surface area contributed by atoms with E-state index in [-0.39, 0.29) is 21.9 Å². The predicted octanol–water partition coefficient (Wildman–Crippen LogP) is -0.189. The molecule has 164 valence electrons. The van der Waals surface area contributed by atoms with Gasteiger partial charge in [-0.3, -0.25) is 19.9 Å². The third-order valence-electron chi connectivity index (χ3n) is 4.53. The van der Waals surface area contributed by atoms with Gasteiger partial charge in [-0.2, -0.15) is 0 Å². The maximum absolute atomic E-state index is 12.7. The molecule has 2 unspecified atom stereocenters. The molecule has 1 fully saturated rings. The van der Waals surface area contributed by atoms with E-state index in [4.69, 9.17) is 9.83 Å². The third kappa shape index (κ3) is 4.13. The van der Waals surface area contributed by atoms with Crippen LogP contribution in [-0.4, -0.2) is 71.0 Å². The summed E-state index contributed by atoms with van der Waals surface area (Å²) in [5, 5.41) is 38.5. The van der Waals surface area contributed by atoms with Gasteiger partial charge in [0.25, 0.3) is 17.0 Å². The summed E-state index contributed by atoms with van der Waals surface area (Å²) in [7, 11) is 0. The van der Waals surface area contributed by atoms with E-state index in [0.717, 1.165) is 16.2 Å². The fraction of sp³-hybridized carbons (Fsp3) is 0.375. The van der Waals surface area contributed by atoms with E-state index in [2.05, 4.69) is 20.5 Å². The highest BCUT2D eigenvalue weighted by Crippen LogP contribution is 2.41. The van der Waals surface area contributed by atoms with Crippen LogP contribution in [0.4, 0.5) is 0 Å². The van der Waals surface area contributed by atoms with Crippen LogP contribution >= 0.6 is 34.9 Å². The number of amides is 2. The summed E-state index contributed by atoms with van der Waals surface area (Å²) in [6, 6.07) is -0.955. The summed E-state index contributed by atoms with van der Waals surface area (Å²) in [5.74, 6) is -1.62. The minimum Gasteiger partial charge on any atom is -0.477 e. The van der Waals surface area contributed by atoms with Crippen LogP contribution in [0.15, 0.2) is 26.3 Å². The molecular formula is C16H16N6O6S3. The number of fused-ring (bicyclic) bond motifs is 1. The van der Waals surface area contributed by atoms with Crippen LogP contribution in [0, 0.1) is 12.3 Å². The second-order valence-corrected chi connectivity index (χ2v) is 9.49. The van der Waals surface area contributed by atoms with Crippen molar-refractivity contribution >= 4 is 52.6 Å². The summed E-state index contributed by atoms with van der Waals surface area (Å²) in [6.45, 7) is 1.65. The first-order chi connectivity index (χ1) is 14.8. The Hall–Kier alpha value is -2.62. The van der Waals surface area contributed by atoms with E-state index in [0.29, 0.717) is 22.4 Å². The lowest BCUT2D eigenvalue weighted by Gasteiger charge is -2.49. The molecule has 0 radical (unpaired) electrons. The zero-order valence-electron chi connectivity index (χ0n) is 15.8. The summed E-state index contributed by atoms with van der Waals surface area (Å²) >= 11 is 3.52. The van der Waals surface area contributed by atoms with Crippen LogP contribution in [0.3, 0.4) is 0 Å². The number of nitrogens with one attached hydrogen (secondary N) is 3. The number of carboxylic acid groups (broad SMARTS) is 1. The third-order valence-corrected chi connectivity index (χ3v) is 7.48. The van der Waals surface area contributed by atoms with Gasteiger partial charge >= 0.3 is 5.97 Å². The standard InChI is InChI=1S/C16H16N6O6S3/c1-5-20-21-16(28-5)31-3-6-2-29-13-8(12(25)22(13)9(6)14(26)27)19-11(24)10(23)7-4-30-15(17)18-7/h4,8,10,13,23H,2-3H2,1H3,(H2,17,18)(H,19,24)(H,26,27)/t8?,10?,13-/m0/s1. The lowest BCUT2D eigenvalue weighted by atomic mass is 10.0. The number of aliphatic carboxylic acids is 1. The largest absolute Gasteiger partial charge is 0.477 e. The fourth-order valence-corrected chi connectivity index (χ4v) is 6.00. The van der Waals surface area contributed by atoms with E-state index in [1.807, 2.05) is 0 Å². The summed E-state index contributed by atoms with van der Waals surface area (Å²) < 4.78 is 5.27. The number of carboxylic acids is 1. The maximum atomic E-state index is 12.7. The highest BCUT2D eigenvalue weighted by Gasteiger charge is 2.54. The Bertz CT molecular complexity index is 1140. The number of β-lactam (4-membered cyclic amide) rings is 1. The van der Waals surface area contributed by atoms with Crippen molar-refractivity contribution in [2.45, 2.75) is 29.7 Å². The summed E-state index contributed by atoms with van der Waals surface area (Å²) in [5.41, 5.74) is 0.561. The van der Waals surface area contributed by atoms with Crippen molar-refractivity contribution in [3.05, 3.63) is 33.0 Å². The summed E-state index contributed by atoms with van der Waals surface area (Å²) in [4.78, 5) is 40.7. The number of hydrogen-bond acceptors (Lipinski definition) is 11. The van der Waals surface area contributed by atoms with Gasteiger partial charge in [0, 0.05) is 23.8 Å². The Morgan fingerprint density at radius 3 is 2.90 bits per heavy atom. The second kappa shape index (κ2) is 8.49. The molecule has 31 heavy (non-hydrogen) atoms. The predicted molar refractivity (Wildman–Crippen MR) is 109 cm³/mol. The van der Waals surface area contributed by atoms with E-state index in [1.165, 1.54) is 28.9 Å². The lowest BCUT2D eigenvalue weighted by Crippen LogP contribution is -2.70. The number of hydrogen-bond donors (Lipinski definition) is 5. The highest BCUT2D eigenvalue weighted by molar-refractivity contribution is 8.01. The van der Waals surface area contributed by atoms with Crippen LogP contribution in [-0.2, 0) is 14.4 Å². The quantitative estimate of drug-likeness (QED) is 0.260. The van der Waals surface area contributed by atoms with Crippen molar-refractivity contribution < 1.29 is 29.0 Å². The first-order valence-corrected chi connectivity index (χ1v) is 11.7. The minimum absolute atomic E-state index is 0.0768. The molecule has 5 N–H and O–H groups in total. The van der Waals surface area contributed by atoms with Gasteiger partial charge in [0.15, 0.2) is 10.9 Å². The second-order valence-electron chi connectivity index (χ2n) is 6.58. The van der Waals surface area contributed by atoms with Gasteiger partial charge < -0.3 is 24.9 Å². The number of aryl methyl sites for hydroxylation is 1. The zero-order valence-corrected chi connectivity index (χ0v) is 18.3. The normalized spacial score (nSPS) is 21.5. The molecule has 1 saturated heterocycles. The number of thioether (sulfide) groups is 2. The number of nitrogens with zero attached hydrogens (tertiary/aromatic N) is 3. The van der Waals surface area contributed by atoms with Gasteiger partial charge in [-0.15, -0.1) is 33.3 Å². The molecule has 2 aliphatic heterocycles. The molecule has 4 heterocycles. The SMILES string of the molecule is Cc1nnc(SCC2=C(C(=O)O)N3C(=O)C(NC(=O)C(O)c4csc(=N)[nH]4)[C@@H]3SC2)o1. The van der Waals surface area contributed by atoms with Crippen LogP contribution in [0.1, 0.15) is 17.7 Å². The molecule has 15 heteroatoms. The Morgan fingerprint density at radius 1 is 1.52 bits per heavy atom. The zero-order chi connectivity index (χ0) is 22.3. The van der Waals surface area contributed by atoms with Gasteiger partial charge in [-0.1, -0.05) is 11.8 Å². The Balaban J connectivity index is 1.46. The number of aromatic amines is 1. The number of carbonyl (C=O) groups is 3. The molecule has 4 rings (SSSR count). The van der Waals surface area contributed by atoms with Gasteiger partial charge in [0.05, 0.1) is 5.69 Å².